The lowest BCUT2D eigenvalue weighted by Crippen LogP contribution is -2.40. The van der Waals surface area contributed by atoms with Crippen molar-refractivity contribution in [3.8, 4) is 0 Å². The maximum Gasteiger partial charge on any atom is 0.256 e. The monoisotopic (exact) mass is 246 g/mol. The van der Waals surface area contributed by atoms with Gasteiger partial charge in [-0.3, -0.25) is 4.79 Å². The summed E-state index contributed by atoms with van der Waals surface area (Å²) in [6, 6.07) is 5.78. The normalized spacial score (nSPS) is 18.9. The molecule has 0 radical (unpaired) electrons. The Hall–Kier alpha value is -1.51. The zero-order valence-electron chi connectivity index (χ0n) is 11.3. The fourth-order valence-corrected chi connectivity index (χ4v) is 2.66. The topological polar surface area (TPSA) is 46.3 Å². The second kappa shape index (κ2) is 5.42. The first-order chi connectivity index (χ1) is 8.65. The Balaban J connectivity index is 2.21. The van der Waals surface area contributed by atoms with Gasteiger partial charge < -0.3 is 10.6 Å². The number of anilines is 1. The average molecular weight is 246 g/mol. The molecule has 98 valence electrons. The molecule has 0 bridgehead atoms. The summed E-state index contributed by atoms with van der Waals surface area (Å²) in [6.45, 7) is 6.01. The number of hydrogen-bond donors (Lipinski definition) is 1. The molecular formula is C15H22N2O. The van der Waals surface area contributed by atoms with Crippen molar-refractivity contribution in [2.24, 2.45) is 0 Å². The Morgan fingerprint density at radius 1 is 1.39 bits per heavy atom. The quantitative estimate of drug-likeness (QED) is 0.655. The molecule has 18 heavy (non-hydrogen) atoms. The van der Waals surface area contributed by atoms with Gasteiger partial charge in [0, 0.05) is 18.8 Å². The molecule has 1 unspecified atom stereocenters. The van der Waals surface area contributed by atoms with Crippen LogP contribution in [0, 0.1) is 0 Å². The van der Waals surface area contributed by atoms with E-state index < -0.39 is 0 Å². The zero-order valence-corrected chi connectivity index (χ0v) is 11.3. The number of rotatable bonds is 4. The van der Waals surface area contributed by atoms with Crippen molar-refractivity contribution in [2.75, 3.05) is 18.8 Å². The van der Waals surface area contributed by atoms with Gasteiger partial charge in [-0.1, -0.05) is 38.8 Å². The van der Waals surface area contributed by atoms with Crippen molar-refractivity contribution < 1.29 is 4.79 Å². The predicted molar refractivity (Wildman–Crippen MR) is 74.7 cm³/mol. The highest BCUT2D eigenvalue weighted by Gasteiger charge is 2.29. The number of nitrogens with zero attached hydrogens (tertiary/aromatic N) is 1. The number of benzene rings is 1. The minimum absolute atomic E-state index is 0.109. The minimum atomic E-state index is 0.109. The van der Waals surface area contributed by atoms with Gasteiger partial charge in [0.2, 0.25) is 0 Å². The second-order valence-corrected chi connectivity index (χ2v) is 5.17. The van der Waals surface area contributed by atoms with Gasteiger partial charge in [0.05, 0.1) is 5.56 Å². The van der Waals surface area contributed by atoms with Gasteiger partial charge in [0.1, 0.15) is 0 Å². The van der Waals surface area contributed by atoms with E-state index in [-0.39, 0.29) is 5.91 Å². The van der Waals surface area contributed by atoms with Crippen LogP contribution in [0.3, 0.4) is 0 Å². The fourth-order valence-electron chi connectivity index (χ4n) is 2.66. The van der Waals surface area contributed by atoms with Gasteiger partial charge >= 0.3 is 0 Å². The van der Waals surface area contributed by atoms with E-state index in [2.05, 4.69) is 13.8 Å². The molecule has 3 heteroatoms. The average Bonchev–Trinajstić information content (AvgIpc) is 2.35. The van der Waals surface area contributed by atoms with Crippen LogP contribution in [0.1, 0.15) is 54.9 Å². The highest BCUT2D eigenvalue weighted by atomic mass is 16.2. The van der Waals surface area contributed by atoms with Crippen molar-refractivity contribution in [3.05, 3.63) is 29.3 Å². The molecule has 2 N–H and O–H groups in total. The Labute approximate surface area is 109 Å². The van der Waals surface area contributed by atoms with Crippen LogP contribution in [0.2, 0.25) is 0 Å². The van der Waals surface area contributed by atoms with E-state index in [1.165, 1.54) is 12.8 Å². The van der Waals surface area contributed by atoms with Crippen molar-refractivity contribution >= 4 is 11.6 Å². The summed E-state index contributed by atoms with van der Waals surface area (Å²) in [7, 11) is 0. The summed E-state index contributed by atoms with van der Waals surface area (Å²) in [6.07, 6.45) is 3.43. The third-order valence-corrected chi connectivity index (χ3v) is 3.69. The molecule has 0 spiro atoms. The number of amides is 1. The number of fused-ring (bicyclic) bond motifs is 1. The highest BCUT2D eigenvalue weighted by Crippen LogP contribution is 2.31. The number of hydrogen-bond acceptors (Lipinski definition) is 2. The lowest BCUT2D eigenvalue weighted by atomic mass is 9.89. The third kappa shape index (κ3) is 2.35. The minimum Gasteiger partial charge on any atom is -0.398 e. The number of nitrogens with two attached hydrogens (primary N) is 1. The molecule has 0 saturated carbocycles. The molecule has 0 aromatic heterocycles. The molecule has 0 fully saturated rings. The molecule has 2 rings (SSSR count). The first-order valence-corrected chi connectivity index (χ1v) is 6.82. The fraction of sp³-hybridized carbons (Fsp3) is 0.533. The van der Waals surface area contributed by atoms with E-state index >= 15 is 0 Å². The van der Waals surface area contributed by atoms with Gasteiger partial charge in [-0.25, -0.2) is 0 Å². The maximum atomic E-state index is 12.4. The standard InChI is InChI=1S/C15H22N2O/c1-3-4-5-9-17-10-11(2)12-7-6-8-13(16)14(12)15(17)18/h6-8,11H,3-5,9-10,16H2,1-2H3. The van der Waals surface area contributed by atoms with E-state index in [0.717, 1.165) is 30.6 Å². The van der Waals surface area contributed by atoms with Crippen LogP contribution in [0.5, 0.6) is 0 Å². The summed E-state index contributed by atoms with van der Waals surface area (Å²) in [5.41, 5.74) is 8.41. The smallest absolute Gasteiger partial charge is 0.256 e. The highest BCUT2D eigenvalue weighted by molar-refractivity contribution is 6.01. The lowest BCUT2D eigenvalue weighted by molar-refractivity contribution is 0.0723. The van der Waals surface area contributed by atoms with E-state index in [1.54, 1.807) is 0 Å². The predicted octanol–water partition coefficient (Wildman–Crippen LogP) is 3.02. The molecule has 3 nitrogen and oxygen atoms in total. The number of carbonyl (C=O) groups excluding carboxylic acids is 1. The molecule has 1 aromatic rings. The van der Waals surface area contributed by atoms with Crippen LogP contribution in [0.4, 0.5) is 5.69 Å². The molecule has 1 heterocycles. The Bertz CT molecular complexity index is 442. The molecule has 0 saturated heterocycles. The van der Waals surface area contributed by atoms with Gasteiger partial charge in [0.15, 0.2) is 0 Å². The Morgan fingerprint density at radius 3 is 2.89 bits per heavy atom. The van der Waals surface area contributed by atoms with Crippen LogP contribution in [0.25, 0.3) is 0 Å². The van der Waals surface area contributed by atoms with E-state index in [9.17, 15) is 4.79 Å². The van der Waals surface area contributed by atoms with Crippen molar-refractivity contribution in [3.63, 3.8) is 0 Å². The molecule has 0 aliphatic carbocycles. The van der Waals surface area contributed by atoms with Crippen molar-refractivity contribution in [1.29, 1.82) is 0 Å². The van der Waals surface area contributed by atoms with Crippen LogP contribution >= 0.6 is 0 Å². The zero-order chi connectivity index (χ0) is 13.1. The lowest BCUT2D eigenvalue weighted by Gasteiger charge is -2.33. The SMILES string of the molecule is CCCCCN1CC(C)c2cccc(N)c2C1=O. The van der Waals surface area contributed by atoms with E-state index in [0.29, 0.717) is 11.6 Å². The van der Waals surface area contributed by atoms with Crippen LogP contribution in [0.15, 0.2) is 18.2 Å². The van der Waals surface area contributed by atoms with Gasteiger partial charge in [-0.15, -0.1) is 0 Å². The molecule has 1 amide bonds. The Kier molecular flexibility index (Phi) is 3.90. The number of unbranched alkanes of at least 4 members (excludes halogenated alkanes) is 2. The van der Waals surface area contributed by atoms with Crippen LogP contribution in [-0.2, 0) is 0 Å². The van der Waals surface area contributed by atoms with Gasteiger partial charge in [-0.05, 0) is 24.0 Å². The maximum absolute atomic E-state index is 12.4. The van der Waals surface area contributed by atoms with E-state index in [1.807, 2.05) is 23.1 Å². The molecule has 1 aliphatic heterocycles. The summed E-state index contributed by atoms with van der Waals surface area (Å²) < 4.78 is 0. The summed E-state index contributed by atoms with van der Waals surface area (Å²) in [5, 5.41) is 0. The van der Waals surface area contributed by atoms with Crippen molar-refractivity contribution in [1.82, 2.24) is 4.90 Å². The van der Waals surface area contributed by atoms with E-state index in [4.69, 9.17) is 5.73 Å². The largest absolute Gasteiger partial charge is 0.398 e. The summed E-state index contributed by atoms with van der Waals surface area (Å²) in [5.74, 6) is 0.486. The van der Waals surface area contributed by atoms with Gasteiger partial charge in [0.25, 0.3) is 5.91 Å². The molecule has 1 atom stereocenters. The van der Waals surface area contributed by atoms with Gasteiger partial charge in [-0.2, -0.15) is 0 Å². The first kappa shape index (κ1) is 12.9. The van der Waals surface area contributed by atoms with Crippen LogP contribution < -0.4 is 5.73 Å². The number of nitrogen functional groups attached to an aromatic ring is 1. The third-order valence-electron chi connectivity index (χ3n) is 3.69. The van der Waals surface area contributed by atoms with Crippen LogP contribution in [-0.4, -0.2) is 23.9 Å². The first-order valence-electron chi connectivity index (χ1n) is 6.82. The molecule has 1 aromatic carbocycles. The molecule has 1 aliphatic rings. The molecular weight excluding hydrogens is 224 g/mol. The summed E-state index contributed by atoms with van der Waals surface area (Å²) >= 11 is 0. The summed E-state index contributed by atoms with van der Waals surface area (Å²) in [4.78, 5) is 14.4. The van der Waals surface area contributed by atoms with Crippen molar-refractivity contribution in [2.45, 2.75) is 39.0 Å². The second-order valence-electron chi connectivity index (χ2n) is 5.17. The number of carbonyl (C=O) groups is 1. The Morgan fingerprint density at radius 2 is 2.17 bits per heavy atom.